The van der Waals surface area contributed by atoms with Gasteiger partial charge in [0, 0.05) is 13.0 Å². The van der Waals surface area contributed by atoms with E-state index in [9.17, 15) is 4.79 Å². The Bertz CT molecular complexity index is 351. The smallest absolute Gasteiger partial charge is 0.217 e. The molecule has 1 heterocycles. The second-order valence-electron chi connectivity index (χ2n) is 3.37. The SMILES string of the molecule is Cc1nc(NCCCC(N)=O)ccc1N. The maximum absolute atomic E-state index is 10.5. The van der Waals surface area contributed by atoms with Crippen LogP contribution in [-0.4, -0.2) is 17.4 Å². The van der Waals surface area contributed by atoms with Crippen LogP contribution in [0.2, 0.25) is 0 Å². The normalized spacial score (nSPS) is 9.93. The van der Waals surface area contributed by atoms with Crippen molar-refractivity contribution in [3.63, 3.8) is 0 Å². The van der Waals surface area contributed by atoms with E-state index in [4.69, 9.17) is 11.5 Å². The summed E-state index contributed by atoms with van der Waals surface area (Å²) in [6, 6.07) is 3.62. The van der Waals surface area contributed by atoms with Gasteiger partial charge in [-0.1, -0.05) is 0 Å². The average Bonchev–Trinajstić information content (AvgIpc) is 2.18. The van der Waals surface area contributed by atoms with Gasteiger partial charge < -0.3 is 16.8 Å². The summed E-state index contributed by atoms with van der Waals surface area (Å²) in [5.74, 6) is 0.490. The molecule has 0 unspecified atom stereocenters. The molecule has 0 aliphatic rings. The Hall–Kier alpha value is -1.78. The lowest BCUT2D eigenvalue weighted by molar-refractivity contribution is -0.118. The fourth-order valence-electron chi connectivity index (χ4n) is 1.15. The summed E-state index contributed by atoms with van der Waals surface area (Å²) in [5.41, 5.74) is 12.1. The number of carbonyl (C=O) groups excluding carboxylic acids is 1. The molecule has 0 fully saturated rings. The summed E-state index contributed by atoms with van der Waals surface area (Å²) in [7, 11) is 0. The summed E-state index contributed by atoms with van der Waals surface area (Å²) in [5, 5.41) is 3.09. The summed E-state index contributed by atoms with van der Waals surface area (Å²) >= 11 is 0. The first-order chi connectivity index (χ1) is 7.09. The third-order valence-electron chi connectivity index (χ3n) is 2.03. The van der Waals surface area contributed by atoms with Gasteiger partial charge in [-0.3, -0.25) is 4.79 Å². The molecule has 0 atom stereocenters. The molecule has 0 saturated carbocycles. The third kappa shape index (κ3) is 3.84. The molecule has 0 aliphatic heterocycles. The van der Waals surface area contributed by atoms with Gasteiger partial charge in [-0.25, -0.2) is 4.98 Å². The van der Waals surface area contributed by atoms with Crippen molar-refractivity contribution in [1.29, 1.82) is 0 Å². The van der Waals surface area contributed by atoms with Crippen molar-refractivity contribution < 1.29 is 4.79 Å². The Morgan fingerprint density at radius 3 is 2.87 bits per heavy atom. The Kier molecular flexibility index (Phi) is 3.91. The molecule has 0 aromatic carbocycles. The first-order valence-electron chi connectivity index (χ1n) is 4.85. The van der Waals surface area contributed by atoms with Crippen molar-refractivity contribution >= 4 is 17.4 Å². The van der Waals surface area contributed by atoms with E-state index in [1.54, 1.807) is 6.07 Å². The molecule has 15 heavy (non-hydrogen) atoms. The number of pyridine rings is 1. The van der Waals surface area contributed by atoms with Crippen molar-refractivity contribution in [3.05, 3.63) is 17.8 Å². The van der Waals surface area contributed by atoms with Crippen LogP contribution in [0.15, 0.2) is 12.1 Å². The Morgan fingerprint density at radius 2 is 2.27 bits per heavy atom. The highest BCUT2D eigenvalue weighted by Crippen LogP contribution is 2.11. The molecule has 82 valence electrons. The number of amides is 1. The van der Waals surface area contributed by atoms with E-state index in [1.165, 1.54) is 0 Å². The van der Waals surface area contributed by atoms with Crippen LogP contribution in [0.4, 0.5) is 11.5 Å². The van der Waals surface area contributed by atoms with Gasteiger partial charge in [0.15, 0.2) is 0 Å². The predicted octanol–water partition coefficient (Wildman–Crippen LogP) is 0.650. The predicted molar refractivity (Wildman–Crippen MR) is 60.3 cm³/mol. The largest absolute Gasteiger partial charge is 0.397 e. The lowest BCUT2D eigenvalue weighted by Gasteiger charge is -2.06. The number of aromatic nitrogens is 1. The van der Waals surface area contributed by atoms with Crippen LogP contribution in [0, 0.1) is 6.92 Å². The molecule has 5 heteroatoms. The van der Waals surface area contributed by atoms with Gasteiger partial charge in [0.1, 0.15) is 5.82 Å². The van der Waals surface area contributed by atoms with Gasteiger partial charge in [-0.2, -0.15) is 0 Å². The van der Waals surface area contributed by atoms with Crippen molar-refractivity contribution in [2.45, 2.75) is 19.8 Å². The van der Waals surface area contributed by atoms with Gasteiger partial charge >= 0.3 is 0 Å². The fourth-order valence-corrected chi connectivity index (χ4v) is 1.15. The lowest BCUT2D eigenvalue weighted by atomic mass is 10.3. The highest BCUT2D eigenvalue weighted by atomic mass is 16.1. The molecular formula is C10H16N4O. The number of rotatable bonds is 5. The van der Waals surface area contributed by atoms with Gasteiger partial charge in [0.05, 0.1) is 11.4 Å². The number of hydrogen-bond donors (Lipinski definition) is 3. The average molecular weight is 208 g/mol. The number of aryl methyl sites for hydroxylation is 1. The molecule has 1 aromatic rings. The number of carbonyl (C=O) groups is 1. The Balaban J connectivity index is 2.38. The van der Waals surface area contributed by atoms with Crippen LogP contribution >= 0.6 is 0 Å². The van der Waals surface area contributed by atoms with E-state index in [0.29, 0.717) is 25.1 Å². The number of anilines is 2. The minimum atomic E-state index is -0.279. The van der Waals surface area contributed by atoms with E-state index in [2.05, 4.69) is 10.3 Å². The van der Waals surface area contributed by atoms with E-state index in [0.717, 1.165) is 11.5 Å². The van der Waals surface area contributed by atoms with Crippen LogP contribution in [0.5, 0.6) is 0 Å². The molecule has 0 aliphatic carbocycles. The molecule has 5 N–H and O–H groups in total. The van der Waals surface area contributed by atoms with Crippen molar-refractivity contribution in [2.24, 2.45) is 5.73 Å². The highest BCUT2D eigenvalue weighted by Gasteiger charge is 1.98. The van der Waals surface area contributed by atoms with Gasteiger partial charge in [0.2, 0.25) is 5.91 Å². The number of hydrogen-bond acceptors (Lipinski definition) is 4. The maximum Gasteiger partial charge on any atom is 0.217 e. The highest BCUT2D eigenvalue weighted by molar-refractivity contribution is 5.73. The standard InChI is InChI=1S/C10H16N4O/c1-7-8(11)4-5-10(14-7)13-6-2-3-9(12)15/h4-5H,2-3,6,11H2,1H3,(H2,12,15)(H,13,14). The zero-order valence-corrected chi connectivity index (χ0v) is 8.79. The zero-order valence-electron chi connectivity index (χ0n) is 8.79. The van der Waals surface area contributed by atoms with Crippen LogP contribution in [-0.2, 0) is 4.79 Å². The van der Waals surface area contributed by atoms with Crippen LogP contribution < -0.4 is 16.8 Å². The Morgan fingerprint density at radius 1 is 1.53 bits per heavy atom. The monoisotopic (exact) mass is 208 g/mol. The minimum Gasteiger partial charge on any atom is -0.397 e. The van der Waals surface area contributed by atoms with E-state index >= 15 is 0 Å². The minimum absolute atomic E-state index is 0.279. The summed E-state index contributed by atoms with van der Waals surface area (Å²) in [6.45, 7) is 2.53. The maximum atomic E-state index is 10.5. The Labute approximate surface area is 88.9 Å². The van der Waals surface area contributed by atoms with Crippen LogP contribution in [0.1, 0.15) is 18.5 Å². The van der Waals surface area contributed by atoms with E-state index in [1.807, 2.05) is 13.0 Å². The third-order valence-corrected chi connectivity index (χ3v) is 2.03. The van der Waals surface area contributed by atoms with Crippen molar-refractivity contribution in [2.75, 3.05) is 17.6 Å². The number of primary amides is 1. The molecule has 0 bridgehead atoms. The van der Waals surface area contributed by atoms with E-state index in [-0.39, 0.29) is 5.91 Å². The summed E-state index contributed by atoms with van der Waals surface area (Å²) in [4.78, 5) is 14.7. The second kappa shape index (κ2) is 5.19. The topological polar surface area (TPSA) is 94.0 Å². The summed E-state index contributed by atoms with van der Waals surface area (Å²) < 4.78 is 0. The van der Waals surface area contributed by atoms with Gasteiger partial charge in [-0.15, -0.1) is 0 Å². The lowest BCUT2D eigenvalue weighted by Crippen LogP contribution is -2.13. The summed E-state index contributed by atoms with van der Waals surface area (Å²) in [6.07, 6.45) is 1.10. The molecule has 0 spiro atoms. The molecule has 0 radical (unpaired) electrons. The molecular weight excluding hydrogens is 192 g/mol. The van der Waals surface area contributed by atoms with Crippen LogP contribution in [0.3, 0.4) is 0 Å². The zero-order chi connectivity index (χ0) is 11.3. The van der Waals surface area contributed by atoms with Gasteiger partial charge in [-0.05, 0) is 25.5 Å². The van der Waals surface area contributed by atoms with Crippen molar-refractivity contribution in [3.8, 4) is 0 Å². The molecule has 1 aromatic heterocycles. The first kappa shape index (κ1) is 11.3. The number of nitrogen functional groups attached to an aromatic ring is 1. The number of nitrogens with zero attached hydrogens (tertiary/aromatic N) is 1. The fraction of sp³-hybridized carbons (Fsp3) is 0.400. The molecule has 1 rings (SSSR count). The molecule has 0 saturated heterocycles. The second-order valence-corrected chi connectivity index (χ2v) is 3.37. The number of nitrogens with two attached hydrogens (primary N) is 2. The molecule has 5 nitrogen and oxygen atoms in total. The van der Waals surface area contributed by atoms with Crippen LogP contribution in [0.25, 0.3) is 0 Å². The quantitative estimate of drug-likeness (QED) is 0.619. The molecule has 1 amide bonds. The van der Waals surface area contributed by atoms with Crippen molar-refractivity contribution in [1.82, 2.24) is 4.98 Å². The van der Waals surface area contributed by atoms with Gasteiger partial charge in [0.25, 0.3) is 0 Å². The van der Waals surface area contributed by atoms with E-state index < -0.39 is 0 Å². The first-order valence-corrected chi connectivity index (χ1v) is 4.85. The number of nitrogens with one attached hydrogen (secondary N) is 1.